The van der Waals surface area contributed by atoms with Gasteiger partial charge in [-0.3, -0.25) is 4.79 Å². The van der Waals surface area contributed by atoms with Crippen molar-refractivity contribution in [1.29, 1.82) is 0 Å². The van der Waals surface area contributed by atoms with Crippen molar-refractivity contribution in [2.75, 3.05) is 26.2 Å². The molecule has 0 aliphatic carbocycles. The van der Waals surface area contributed by atoms with Crippen LogP contribution in [0.15, 0.2) is 0 Å². The Morgan fingerprint density at radius 3 is 2.17 bits per heavy atom. The highest BCUT2D eigenvalue weighted by atomic mass is 16.5. The molecule has 1 saturated heterocycles. The van der Waals surface area contributed by atoms with Crippen molar-refractivity contribution in [1.82, 2.24) is 9.96 Å². The van der Waals surface area contributed by atoms with E-state index in [2.05, 4.69) is 0 Å². The molecule has 12 heavy (non-hydrogen) atoms. The Morgan fingerprint density at radius 1 is 1.25 bits per heavy atom. The molecular formula is C8H16N2O2. The lowest BCUT2D eigenvalue weighted by atomic mass is 10.2. The van der Waals surface area contributed by atoms with Crippen LogP contribution in [-0.4, -0.2) is 47.3 Å². The van der Waals surface area contributed by atoms with E-state index in [1.54, 1.807) is 4.90 Å². The lowest BCUT2D eigenvalue weighted by Crippen LogP contribution is -2.48. The third-order valence-electron chi connectivity index (χ3n) is 2.06. The molecule has 0 aromatic heterocycles. The molecule has 0 aromatic rings. The molecule has 4 heteroatoms. The van der Waals surface area contributed by atoms with Crippen molar-refractivity contribution in [2.45, 2.75) is 13.8 Å². The number of carbonyl (C=O) groups is 1. The molecule has 4 nitrogen and oxygen atoms in total. The minimum absolute atomic E-state index is 0.0650. The van der Waals surface area contributed by atoms with E-state index in [1.165, 1.54) is 5.06 Å². The summed E-state index contributed by atoms with van der Waals surface area (Å²) in [6.07, 6.45) is 0. The van der Waals surface area contributed by atoms with Gasteiger partial charge in [-0.25, -0.2) is 0 Å². The Labute approximate surface area is 72.7 Å². The van der Waals surface area contributed by atoms with Crippen LogP contribution in [0.25, 0.3) is 0 Å². The topological polar surface area (TPSA) is 43.8 Å². The molecule has 1 aliphatic rings. The first kappa shape index (κ1) is 9.48. The summed E-state index contributed by atoms with van der Waals surface area (Å²) in [7, 11) is 0. The van der Waals surface area contributed by atoms with Crippen LogP contribution in [0.3, 0.4) is 0 Å². The van der Waals surface area contributed by atoms with Crippen LogP contribution in [0.2, 0.25) is 0 Å². The zero-order chi connectivity index (χ0) is 9.14. The van der Waals surface area contributed by atoms with Crippen molar-refractivity contribution >= 4 is 5.91 Å². The Bertz CT molecular complexity index is 162. The van der Waals surface area contributed by atoms with Crippen LogP contribution >= 0.6 is 0 Å². The zero-order valence-electron chi connectivity index (χ0n) is 7.66. The molecule has 0 bridgehead atoms. The van der Waals surface area contributed by atoms with Crippen molar-refractivity contribution in [2.24, 2.45) is 5.92 Å². The summed E-state index contributed by atoms with van der Waals surface area (Å²) in [5.41, 5.74) is 0. The Balaban J connectivity index is 2.39. The van der Waals surface area contributed by atoms with Crippen LogP contribution in [0, 0.1) is 5.92 Å². The first-order valence-electron chi connectivity index (χ1n) is 4.34. The van der Waals surface area contributed by atoms with Crippen LogP contribution < -0.4 is 0 Å². The number of hydroxylamine groups is 2. The minimum Gasteiger partial charge on any atom is -0.340 e. The highest BCUT2D eigenvalue weighted by Gasteiger charge is 2.21. The summed E-state index contributed by atoms with van der Waals surface area (Å²) in [6, 6.07) is 0. The number of rotatable bonds is 1. The summed E-state index contributed by atoms with van der Waals surface area (Å²) in [5, 5.41) is 10.3. The van der Waals surface area contributed by atoms with Gasteiger partial charge in [0.15, 0.2) is 0 Å². The Kier molecular flexibility index (Phi) is 3.05. The van der Waals surface area contributed by atoms with Gasteiger partial charge < -0.3 is 10.1 Å². The molecule has 0 atom stereocenters. The highest BCUT2D eigenvalue weighted by molar-refractivity contribution is 5.78. The number of amides is 1. The Morgan fingerprint density at radius 2 is 1.75 bits per heavy atom. The van der Waals surface area contributed by atoms with Gasteiger partial charge in [-0.2, -0.15) is 5.06 Å². The maximum atomic E-state index is 11.4. The minimum atomic E-state index is 0.0650. The fourth-order valence-electron chi connectivity index (χ4n) is 1.28. The first-order valence-corrected chi connectivity index (χ1v) is 4.34. The number of nitrogens with zero attached hydrogens (tertiary/aromatic N) is 2. The molecular weight excluding hydrogens is 156 g/mol. The van der Waals surface area contributed by atoms with Gasteiger partial charge >= 0.3 is 0 Å². The summed E-state index contributed by atoms with van der Waals surface area (Å²) in [5.74, 6) is 0.248. The summed E-state index contributed by atoms with van der Waals surface area (Å²) < 4.78 is 0. The lowest BCUT2D eigenvalue weighted by molar-refractivity contribution is -0.148. The fraction of sp³-hybridized carbons (Fsp3) is 0.875. The van der Waals surface area contributed by atoms with E-state index in [4.69, 9.17) is 5.21 Å². The molecule has 1 fully saturated rings. The maximum absolute atomic E-state index is 11.4. The summed E-state index contributed by atoms with van der Waals surface area (Å²) in [4.78, 5) is 13.2. The monoisotopic (exact) mass is 172 g/mol. The smallest absolute Gasteiger partial charge is 0.225 e. The molecule has 0 aromatic carbocycles. The van der Waals surface area contributed by atoms with Gasteiger partial charge in [-0.05, 0) is 0 Å². The SMILES string of the molecule is CC(C)C(=O)N1CCN(O)CC1. The number of hydrogen-bond donors (Lipinski definition) is 1. The van der Waals surface area contributed by atoms with E-state index >= 15 is 0 Å². The molecule has 1 heterocycles. The van der Waals surface area contributed by atoms with E-state index < -0.39 is 0 Å². The van der Waals surface area contributed by atoms with E-state index in [0.717, 1.165) is 0 Å². The van der Waals surface area contributed by atoms with Gasteiger partial charge in [0.1, 0.15) is 0 Å². The largest absolute Gasteiger partial charge is 0.340 e. The number of piperazine rings is 1. The molecule has 0 saturated carbocycles. The molecule has 0 spiro atoms. The van der Waals surface area contributed by atoms with Crippen LogP contribution in [0.1, 0.15) is 13.8 Å². The second-order valence-corrected chi connectivity index (χ2v) is 3.43. The molecule has 70 valence electrons. The summed E-state index contributed by atoms with van der Waals surface area (Å²) >= 11 is 0. The second kappa shape index (κ2) is 3.87. The molecule has 1 rings (SSSR count). The number of carbonyl (C=O) groups excluding carboxylic acids is 1. The normalized spacial score (nSPS) is 20.2. The molecule has 1 amide bonds. The number of hydrogen-bond acceptors (Lipinski definition) is 3. The Hall–Kier alpha value is -0.610. The highest BCUT2D eigenvalue weighted by Crippen LogP contribution is 2.04. The average Bonchev–Trinajstić information content (AvgIpc) is 2.04. The second-order valence-electron chi connectivity index (χ2n) is 3.43. The standard InChI is InChI=1S/C8H16N2O2/c1-7(2)8(11)9-3-5-10(12)6-4-9/h7,12H,3-6H2,1-2H3. The molecule has 0 radical (unpaired) electrons. The van der Waals surface area contributed by atoms with E-state index in [9.17, 15) is 4.79 Å². The fourth-order valence-corrected chi connectivity index (χ4v) is 1.28. The first-order chi connectivity index (χ1) is 5.61. The van der Waals surface area contributed by atoms with Gasteiger partial charge in [-0.1, -0.05) is 13.8 Å². The zero-order valence-corrected chi connectivity index (χ0v) is 7.66. The summed E-state index contributed by atoms with van der Waals surface area (Å²) in [6.45, 7) is 6.22. The molecule has 1 N–H and O–H groups in total. The predicted molar refractivity (Wildman–Crippen MR) is 44.8 cm³/mol. The van der Waals surface area contributed by atoms with E-state index in [1.807, 2.05) is 13.8 Å². The third-order valence-corrected chi connectivity index (χ3v) is 2.06. The van der Waals surface area contributed by atoms with Gasteiger partial charge in [0.2, 0.25) is 5.91 Å². The molecule has 1 aliphatic heterocycles. The van der Waals surface area contributed by atoms with Gasteiger partial charge in [0, 0.05) is 32.1 Å². The van der Waals surface area contributed by atoms with Crippen LogP contribution in [0.4, 0.5) is 0 Å². The van der Waals surface area contributed by atoms with Gasteiger partial charge in [0.05, 0.1) is 0 Å². The van der Waals surface area contributed by atoms with Crippen LogP contribution in [-0.2, 0) is 4.79 Å². The predicted octanol–water partition coefficient (Wildman–Crippen LogP) is 0.176. The maximum Gasteiger partial charge on any atom is 0.225 e. The van der Waals surface area contributed by atoms with Crippen molar-refractivity contribution in [3.8, 4) is 0 Å². The lowest BCUT2D eigenvalue weighted by Gasteiger charge is -2.32. The molecule has 0 unspecified atom stereocenters. The van der Waals surface area contributed by atoms with Gasteiger partial charge in [-0.15, -0.1) is 0 Å². The van der Waals surface area contributed by atoms with E-state index in [0.29, 0.717) is 26.2 Å². The van der Waals surface area contributed by atoms with Gasteiger partial charge in [0.25, 0.3) is 0 Å². The van der Waals surface area contributed by atoms with Crippen molar-refractivity contribution in [3.05, 3.63) is 0 Å². The van der Waals surface area contributed by atoms with E-state index in [-0.39, 0.29) is 11.8 Å². The average molecular weight is 172 g/mol. The van der Waals surface area contributed by atoms with Crippen molar-refractivity contribution < 1.29 is 10.0 Å². The quantitative estimate of drug-likeness (QED) is 0.613. The van der Waals surface area contributed by atoms with Crippen molar-refractivity contribution in [3.63, 3.8) is 0 Å². The third kappa shape index (κ3) is 2.19. The van der Waals surface area contributed by atoms with Crippen LogP contribution in [0.5, 0.6) is 0 Å².